The van der Waals surface area contributed by atoms with Crippen LogP contribution in [0.15, 0.2) is 42.5 Å². The molecule has 3 nitrogen and oxygen atoms in total. The van der Waals surface area contributed by atoms with Gasteiger partial charge in [-0.3, -0.25) is 4.79 Å². The van der Waals surface area contributed by atoms with Crippen LogP contribution < -0.4 is 9.47 Å². The second-order valence-corrected chi connectivity index (χ2v) is 4.62. The molecular formula is C17H18O3. The van der Waals surface area contributed by atoms with Gasteiger partial charge in [0.05, 0.1) is 13.7 Å². The fourth-order valence-electron chi connectivity index (χ4n) is 2.02. The summed E-state index contributed by atoms with van der Waals surface area (Å²) in [5.74, 6) is 1.24. The fraction of sp³-hybridized carbons (Fsp3) is 0.235. The van der Waals surface area contributed by atoms with Crippen molar-refractivity contribution in [3.8, 4) is 11.5 Å². The number of carbonyl (C=O) groups is 1. The van der Waals surface area contributed by atoms with Crippen molar-refractivity contribution < 1.29 is 14.3 Å². The average Bonchev–Trinajstić information content (AvgIpc) is 2.47. The molecule has 104 valence electrons. The van der Waals surface area contributed by atoms with Crippen molar-refractivity contribution in [2.24, 2.45) is 0 Å². The van der Waals surface area contributed by atoms with Gasteiger partial charge in [0.15, 0.2) is 11.5 Å². The highest BCUT2D eigenvalue weighted by atomic mass is 16.5. The van der Waals surface area contributed by atoms with E-state index in [2.05, 4.69) is 25.1 Å². The minimum absolute atomic E-state index is 0.570. The Morgan fingerprint density at radius 3 is 2.65 bits per heavy atom. The summed E-state index contributed by atoms with van der Waals surface area (Å²) < 4.78 is 11.0. The molecule has 0 spiro atoms. The zero-order valence-electron chi connectivity index (χ0n) is 11.8. The fourth-order valence-corrected chi connectivity index (χ4v) is 2.02. The summed E-state index contributed by atoms with van der Waals surface area (Å²) in [6.45, 7) is 2.64. The summed E-state index contributed by atoms with van der Waals surface area (Å²) in [5, 5.41) is 0. The lowest BCUT2D eigenvalue weighted by molar-refractivity contribution is 0.112. The molecule has 0 unspecified atom stereocenters. The van der Waals surface area contributed by atoms with Crippen LogP contribution in [-0.4, -0.2) is 20.0 Å². The van der Waals surface area contributed by atoms with Crippen molar-refractivity contribution in [1.82, 2.24) is 0 Å². The first-order valence-electron chi connectivity index (χ1n) is 6.54. The van der Waals surface area contributed by atoms with E-state index in [1.807, 2.05) is 6.07 Å². The molecule has 0 amide bonds. The van der Waals surface area contributed by atoms with Crippen LogP contribution in [0.25, 0.3) is 0 Å². The van der Waals surface area contributed by atoms with Gasteiger partial charge in [0.1, 0.15) is 6.29 Å². The highest BCUT2D eigenvalue weighted by Crippen LogP contribution is 2.27. The number of methoxy groups -OCH3 is 1. The van der Waals surface area contributed by atoms with E-state index in [0.717, 1.165) is 12.7 Å². The molecular weight excluding hydrogens is 252 g/mol. The molecule has 0 bridgehead atoms. The summed E-state index contributed by atoms with van der Waals surface area (Å²) in [6.07, 6.45) is 1.62. The van der Waals surface area contributed by atoms with Crippen LogP contribution in [0.3, 0.4) is 0 Å². The molecule has 2 aromatic rings. The number of carbonyl (C=O) groups excluding carboxylic acids is 1. The third-order valence-electron chi connectivity index (χ3n) is 3.05. The summed E-state index contributed by atoms with van der Waals surface area (Å²) in [5.41, 5.74) is 3.07. The number of aldehydes is 1. The lowest BCUT2D eigenvalue weighted by atomic mass is 10.1. The van der Waals surface area contributed by atoms with Crippen LogP contribution in [0.2, 0.25) is 0 Å². The van der Waals surface area contributed by atoms with Gasteiger partial charge in [0.25, 0.3) is 0 Å². The summed E-state index contributed by atoms with van der Waals surface area (Å²) in [7, 11) is 1.57. The molecule has 0 aromatic heterocycles. The van der Waals surface area contributed by atoms with Gasteiger partial charge in [-0.1, -0.05) is 29.8 Å². The number of benzene rings is 2. The summed E-state index contributed by atoms with van der Waals surface area (Å²) >= 11 is 0. The van der Waals surface area contributed by atoms with Gasteiger partial charge >= 0.3 is 0 Å². The zero-order valence-corrected chi connectivity index (χ0v) is 11.8. The molecule has 0 aliphatic carbocycles. The van der Waals surface area contributed by atoms with Crippen molar-refractivity contribution >= 4 is 6.29 Å². The molecule has 20 heavy (non-hydrogen) atoms. The van der Waals surface area contributed by atoms with E-state index in [1.54, 1.807) is 25.3 Å². The highest BCUT2D eigenvalue weighted by Gasteiger charge is 2.05. The molecule has 0 saturated heterocycles. The Morgan fingerprint density at radius 1 is 1.10 bits per heavy atom. The average molecular weight is 270 g/mol. The number of hydrogen-bond acceptors (Lipinski definition) is 3. The minimum Gasteiger partial charge on any atom is -0.493 e. The van der Waals surface area contributed by atoms with Gasteiger partial charge in [0.2, 0.25) is 0 Å². The van der Waals surface area contributed by atoms with Crippen molar-refractivity contribution in [1.29, 1.82) is 0 Å². The zero-order chi connectivity index (χ0) is 14.4. The van der Waals surface area contributed by atoms with E-state index >= 15 is 0 Å². The SMILES string of the molecule is COc1cc(C=O)ccc1OCCc1cccc(C)c1. The Kier molecular flexibility index (Phi) is 4.77. The summed E-state index contributed by atoms with van der Waals surface area (Å²) in [4.78, 5) is 10.7. The number of aryl methyl sites for hydroxylation is 1. The van der Waals surface area contributed by atoms with Crippen molar-refractivity contribution in [2.75, 3.05) is 13.7 Å². The third-order valence-corrected chi connectivity index (χ3v) is 3.05. The maximum atomic E-state index is 10.7. The van der Waals surface area contributed by atoms with E-state index in [0.29, 0.717) is 23.7 Å². The Balaban J connectivity index is 1.98. The molecule has 0 N–H and O–H groups in total. The Labute approximate surface area is 119 Å². The van der Waals surface area contributed by atoms with Crippen LogP contribution in [0, 0.1) is 6.92 Å². The Bertz CT molecular complexity index is 591. The van der Waals surface area contributed by atoms with Crippen LogP contribution >= 0.6 is 0 Å². The smallest absolute Gasteiger partial charge is 0.161 e. The molecule has 0 saturated carbocycles. The monoisotopic (exact) mass is 270 g/mol. The van der Waals surface area contributed by atoms with Gasteiger partial charge in [-0.2, -0.15) is 0 Å². The van der Waals surface area contributed by atoms with Crippen LogP contribution in [0.4, 0.5) is 0 Å². The maximum absolute atomic E-state index is 10.7. The molecule has 2 rings (SSSR count). The van der Waals surface area contributed by atoms with Crippen molar-refractivity contribution in [3.63, 3.8) is 0 Å². The second-order valence-electron chi connectivity index (χ2n) is 4.62. The Morgan fingerprint density at radius 2 is 1.95 bits per heavy atom. The van der Waals surface area contributed by atoms with Gasteiger partial charge in [0, 0.05) is 12.0 Å². The summed E-state index contributed by atoms with van der Waals surface area (Å²) in [6, 6.07) is 13.5. The van der Waals surface area contributed by atoms with E-state index in [1.165, 1.54) is 11.1 Å². The van der Waals surface area contributed by atoms with E-state index in [-0.39, 0.29) is 0 Å². The van der Waals surface area contributed by atoms with Gasteiger partial charge < -0.3 is 9.47 Å². The van der Waals surface area contributed by atoms with Gasteiger partial charge in [-0.15, -0.1) is 0 Å². The normalized spacial score (nSPS) is 10.1. The largest absolute Gasteiger partial charge is 0.493 e. The number of ether oxygens (including phenoxy) is 2. The first-order chi connectivity index (χ1) is 9.72. The molecule has 0 radical (unpaired) electrons. The van der Waals surface area contributed by atoms with E-state index in [9.17, 15) is 4.79 Å². The predicted molar refractivity (Wildman–Crippen MR) is 78.8 cm³/mol. The van der Waals surface area contributed by atoms with Crippen LogP contribution in [-0.2, 0) is 6.42 Å². The topological polar surface area (TPSA) is 35.5 Å². The lowest BCUT2D eigenvalue weighted by Crippen LogP contribution is -2.03. The molecule has 0 aliphatic heterocycles. The molecule has 0 heterocycles. The molecule has 0 aliphatic rings. The first-order valence-corrected chi connectivity index (χ1v) is 6.54. The van der Waals surface area contributed by atoms with E-state index < -0.39 is 0 Å². The van der Waals surface area contributed by atoms with Gasteiger partial charge in [-0.25, -0.2) is 0 Å². The second kappa shape index (κ2) is 6.75. The standard InChI is InChI=1S/C17H18O3/c1-13-4-3-5-14(10-13)8-9-20-16-7-6-15(12-18)11-17(16)19-2/h3-7,10-12H,8-9H2,1-2H3. The van der Waals surface area contributed by atoms with Crippen LogP contribution in [0.1, 0.15) is 21.5 Å². The predicted octanol–water partition coefficient (Wildman–Crippen LogP) is 3.44. The molecule has 0 atom stereocenters. The maximum Gasteiger partial charge on any atom is 0.161 e. The lowest BCUT2D eigenvalue weighted by Gasteiger charge is -2.11. The van der Waals surface area contributed by atoms with E-state index in [4.69, 9.17) is 9.47 Å². The first kappa shape index (κ1) is 14.1. The highest BCUT2D eigenvalue weighted by molar-refractivity contribution is 5.76. The molecule has 0 fully saturated rings. The van der Waals surface area contributed by atoms with Crippen molar-refractivity contribution in [2.45, 2.75) is 13.3 Å². The molecule has 3 heteroatoms. The van der Waals surface area contributed by atoms with Crippen LogP contribution in [0.5, 0.6) is 11.5 Å². The number of hydrogen-bond donors (Lipinski definition) is 0. The van der Waals surface area contributed by atoms with Crippen molar-refractivity contribution in [3.05, 3.63) is 59.2 Å². The molecule has 2 aromatic carbocycles. The third kappa shape index (κ3) is 3.60. The number of rotatable bonds is 6. The van der Waals surface area contributed by atoms with Gasteiger partial charge in [-0.05, 0) is 30.7 Å². The minimum atomic E-state index is 0.570. The quantitative estimate of drug-likeness (QED) is 0.754. The Hall–Kier alpha value is -2.29.